The van der Waals surface area contributed by atoms with Crippen LogP contribution in [0.3, 0.4) is 0 Å². The van der Waals surface area contributed by atoms with Crippen LogP contribution in [-0.2, 0) is 11.2 Å². The second kappa shape index (κ2) is 9.93. The van der Waals surface area contributed by atoms with Crippen molar-refractivity contribution in [3.8, 4) is 5.75 Å². The Balaban J connectivity index is 1.35. The lowest BCUT2D eigenvalue weighted by atomic mass is 9.81. The molecule has 1 atom stereocenters. The number of oxazole rings is 1. The molecule has 4 rings (SSSR count). The molecule has 1 aliphatic carbocycles. The van der Waals surface area contributed by atoms with Gasteiger partial charge in [0.05, 0.1) is 24.6 Å². The second-order valence-corrected chi connectivity index (χ2v) is 8.60. The fourth-order valence-electron chi connectivity index (χ4n) is 4.67. The van der Waals surface area contributed by atoms with Crippen molar-refractivity contribution < 1.29 is 31.9 Å². The molecule has 10 heteroatoms. The molecule has 1 amide bonds. The molecular weight excluding hydrogens is 439 g/mol. The zero-order valence-corrected chi connectivity index (χ0v) is 18.1. The SMILES string of the molecule is O=C(Cc1ncco1)c1ncccc1OC[C@H]1CCCN1C(=O)C1CCC(C(F)(F)F)CC1. The first kappa shape index (κ1) is 23.3. The van der Waals surface area contributed by atoms with E-state index in [4.69, 9.17) is 9.15 Å². The number of amides is 1. The van der Waals surface area contributed by atoms with E-state index in [2.05, 4.69) is 9.97 Å². The smallest absolute Gasteiger partial charge is 0.391 e. The van der Waals surface area contributed by atoms with Gasteiger partial charge in [0.25, 0.3) is 0 Å². The zero-order valence-electron chi connectivity index (χ0n) is 18.1. The molecule has 0 aromatic carbocycles. The van der Waals surface area contributed by atoms with Gasteiger partial charge in [-0.15, -0.1) is 0 Å². The molecule has 3 heterocycles. The standard InChI is InChI=1S/C23H26F3N3O4/c24-23(25,26)16-7-5-15(6-8-16)22(31)29-11-2-3-17(29)14-33-19-4-1-9-28-21(19)18(30)13-20-27-10-12-32-20/h1,4,9-10,12,15-17H,2-3,5-8,11,13-14H2/t15?,16?,17-/m1/s1. The van der Waals surface area contributed by atoms with Crippen LogP contribution in [0, 0.1) is 11.8 Å². The van der Waals surface area contributed by atoms with Gasteiger partial charge in [0, 0.05) is 18.7 Å². The lowest BCUT2D eigenvalue weighted by molar-refractivity contribution is -0.185. The van der Waals surface area contributed by atoms with Gasteiger partial charge >= 0.3 is 6.18 Å². The summed E-state index contributed by atoms with van der Waals surface area (Å²) in [7, 11) is 0. The molecule has 1 saturated carbocycles. The van der Waals surface area contributed by atoms with Crippen LogP contribution in [0.25, 0.3) is 0 Å². The number of ketones is 1. The summed E-state index contributed by atoms with van der Waals surface area (Å²) in [5.41, 5.74) is 0.164. The number of alkyl halides is 3. The Labute approximate surface area is 189 Å². The van der Waals surface area contributed by atoms with Gasteiger partial charge in [-0.2, -0.15) is 13.2 Å². The van der Waals surface area contributed by atoms with E-state index in [1.165, 1.54) is 18.7 Å². The number of hydrogen-bond acceptors (Lipinski definition) is 6. The average molecular weight is 465 g/mol. The third kappa shape index (κ3) is 5.54. The Morgan fingerprint density at radius 3 is 2.61 bits per heavy atom. The number of nitrogens with zero attached hydrogens (tertiary/aromatic N) is 3. The molecule has 2 fully saturated rings. The molecule has 2 aromatic rings. The molecule has 0 unspecified atom stereocenters. The molecular formula is C23H26F3N3O4. The molecule has 0 N–H and O–H groups in total. The zero-order chi connectivity index (χ0) is 23.4. The first-order valence-electron chi connectivity index (χ1n) is 11.2. The Bertz CT molecular complexity index is 956. The van der Waals surface area contributed by atoms with Crippen LogP contribution in [0.5, 0.6) is 5.75 Å². The maximum absolute atomic E-state index is 13.0. The molecule has 178 valence electrons. The van der Waals surface area contributed by atoms with Crippen molar-refractivity contribution >= 4 is 11.7 Å². The molecule has 1 aliphatic heterocycles. The summed E-state index contributed by atoms with van der Waals surface area (Å²) in [6.45, 7) is 0.754. The number of hydrogen-bond donors (Lipinski definition) is 0. The minimum atomic E-state index is -4.19. The number of pyridine rings is 1. The molecule has 0 spiro atoms. The average Bonchev–Trinajstić information content (AvgIpc) is 3.49. The fraction of sp³-hybridized carbons (Fsp3) is 0.565. The van der Waals surface area contributed by atoms with Crippen LogP contribution in [0.15, 0.2) is 35.2 Å². The highest BCUT2D eigenvalue weighted by molar-refractivity contribution is 5.97. The Morgan fingerprint density at radius 2 is 1.91 bits per heavy atom. The molecule has 1 saturated heterocycles. The van der Waals surface area contributed by atoms with Gasteiger partial charge in [-0.05, 0) is 50.7 Å². The third-order valence-electron chi connectivity index (χ3n) is 6.46. The van der Waals surface area contributed by atoms with Crippen LogP contribution in [0.4, 0.5) is 13.2 Å². The Kier molecular flexibility index (Phi) is 6.99. The van der Waals surface area contributed by atoms with E-state index in [1.54, 1.807) is 17.0 Å². The molecule has 0 radical (unpaired) electrons. The lowest BCUT2D eigenvalue weighted by Crippen LogP contribution is -2.44. The number of ether oxygens (including phenoxy) is 1. The number of rotatable bonds is 7. The number of carbonyl (C=O) groups excluding carboxylic acids is 2. The molecule has 0 bridgehead atoms. The van der Waals surface area contributed by atoms with E-state index >= 15 is 0 Å². The van der Waals surface area contributed by atoms with Crippen LogP contribution in [0.1, 0.15) is 54.9 Å². The molecule has 2 aliphatic rings. The van der Waals surface area contributed by atoms with E-state index in [9.17, 15) is 22.8 Å². The summed E-state index contributed by atoms with van der Waals surface area (Å²) < 4.78 is 49.9. The largest absolute Gasteiger partial charge is 0.489 e. The van der Waals surface area contributed by atoms with Gasteiger partial charge in [0.1, 0.15) is 24.3 Å². The Hall–Kier alpha value is -2.91. The van der Waals surface area contributed by atoms with Gasteiger partial charge < -0.3 is 14.1 Å². The van der Waals surface area contributed by atoms with Crippen LogP contribution in [0.2, 0.25) is 0 Å². The van der Waals surface area contributed by atoms with Gasteiger partial charge in [-0.1, -0.05) is 0 Å². The predicted octanol–water partition coefficient (Wildman–Crippen LogP) is 4.23. The van der Waals surface area contributed by atoms with E-state index < -0.39 is 12.1 Å². The second-order valence-electron chi connectivity index (χ2n) is 8.60. The summed E-state index contributed by atoms with van der Waals surface area (Å²) in [6.07, 6.45) is 2.17. The van der Waals surface area contributed by atoms with Crippen molar-refractivity contribution in [3.63, 3.8) is 0 Å². The van der Waals surface area contributed by atoms with E-state index in [0.29, 0.717) is 12.3 Å². The summed E-state index contributed by atoms with van der Waals surface area (Å²) >= 11 is 0. The van der Waals surface area contributed by atoms with Gasteiger partial charge in [-0.3, -0.25) is 9.59 Å². The van der Waals surface area contributed by atoms with Crippen LogP contribution in [-0.4, -0.2) is 51.9 Å². The highest BCUT2D eigenvalue weighted by Crippen LogP contribution is 2.40. The van der Waals surface area contributed by atoms with Crippen molar-refractivity contribution in [1.82, 2.24) is 14.9 Å². The summed E-state index contributed by atoms with van der Waals surface area (Å²) in [5, 5.41) is 0. The van der Waals surface area contributed by atoms with Gasteiger partial charge in [-0.25, -0.2) is 9.97 Å². The van der Waals surface area contributed by atoms with Crippen molar-refractivity contribution in [2.75, 3.05) is 13.2 Å². The quantitative estimate of drug-likeness (QED) is 0.569. The molecule has 2 aromatic heterocycles. The van der Waals surface area contributed by atoms with Gasteiger partial charge in [0.15, 0.2) is 5.78 Å². The number of aromatic nitrogens is 2. The topological polar surface area (TPSA) is 85.5 Å². The number of halogens is 3. The van der Waals surface area contributed by atoms with E-state index in [0.717, 1.165) is 12.8 Å². The minimum Gasteiger partial charge on any atom is -0.489 e. The summed E-state index contributed by atoms with van der Waals surface area (Å²) in [6, 6.07) is 3.12. The third-order valence-corrected chi connectivity index (χ3v) is 6.46. The highest BCUT2D eigenvalue weighted by Gasteiger charge is 2.44. The predicted molar refractivity (Wildman–Crippen MR) is 111 cm³/mol. The van der Waals surface area contributed by atoms with Crippen molar-refractivity contribution in [2.24, 2.45) is 11.8 Å². The van der Waals surface area contributed by atoms with Gasteiger partial charge in [0.2, 0.25) is 11.8 Å². The maximum atomic E-state index is 13.0. The minimum absolute atomic E-state index is 0.000591. The number of carbonyl (C=O) groups is 2. The monoisotopic (exact) mass is 465 g/mol. The molecule has 33 heavy (non-hydrogen) atoms. The maximum Gasteiger partial charge on any atom is 0.391 e. The highest BCUT2D eigenvalue weighted by atomic mass is 19.4. The van der Waals surface area contributed by atoms with Crippen molar-refractivity contribution in [1.29, 1.82) is 0 Å². The fourth-order valence-corrected chi connectivity index (χ4v) is 4.67. The van der Waals surface area contributed by atoms with Crippen LogP contribution < -0.4 is 4.74 Å². The summed E-state index contributed by atoms with van der Waals surface area (Å²) in [5.74, 6) is -1.47. The van der Waals surface area contributed by atoms with E-state index in [1.807, 2.05) is 0 Å². The first-order valence-corrected chi connectivity index (χ1v) is 11.2. The van der Waals surface area contributed by atoms with E-state index in [-0.39, 0.29) is 73.9 Å². The Morgan fingerprint density at radius 1 is 1.12 bits per heavy atom. The van der Waals surface area contributed by atoms with Crippen molar-refractivity contribution in [3.05, 3.63) is 42.4 Å². The normalized spacial score (nSPS) is 23.5. The first-order chi connectivity index (χ1) is 15.8. The lowest BCUT2D eigenvalue weighted by Gasteiger charge is -2.33. The van der Waals surface area contributed by atoms with Crippen molar-refractivity contribution in [2.45, 2.75) is 57.2 Å². The number of Topliss-reactive ketones (excluding diaryl/α,β-unsaturated/α-hetero) is 1. The van der Waals surface area contributed by atoms with Crippen LogP contribution >= 0.6 is 0 Å². The summed E-state index contributed by atoms with van der Waals surface area (Å²) in [4.78, 5) is 35.5. The number of likely N-dealkylation sites (tertiary alicyclic amines) is 1. The molecule has 7 nitrogen and oxygen atoms in total.